The van der Waals surface area contributed by atoms with Crippen LogP contribution in [0, 0.1) is 0 Å². The number of hydrogen-bond donors (Lipinski definition) is 2. The fraction of sp³-hybridized carbons (Fsp3) is 0.455. The second-order valence-electron chi connectivity index (χ2n) is 4.16. The molecule has 6 heteroatoms. The maximum absolute atomic E-state index is 11.0. The van der Waals surface area contributed by atoms with Crippen LogP contribution in [-0.4, -0.2) is 39.7 Å². The van der Waals surface area contributed by atoms with E-state index in [9.17, 15) is 9.59 Å². The van der Waals surface area contributed by atoms with Gasteiger partial charge in [0.05, 0.1) is 0 Å². The molecule has 0 bridgehead atoms. The van der Waals surface area contributed by atoms with Gasteiger partial charge in [-0.1, -0.05) is 0 Å². The largest absolute Gasteiger partial charge is 0.477 e. The van der Waals surface area contributed by atoms with E-state index in [2.05, 4.69) is 0 Å². The smallest absolute Gasteiger partial charge is 0.352 e. The lowest BCUT2D eigenvalue weighted by atomic mass is 10.0. The van der Waals surface area contributed by atoms with Gasteiger partial charge >= 0.3 is 12.0 Å². The van der Waals surface area contributed by atoms with Crippen molar-refractivity contribution in [2.75, 3.05) is 13.1 Å². The van der Waals surface area contributed by atoms with Crippen LogP contribution in [0.25, 0.3) is 0 Å². The zero-order valence-corrected chi connectivity index (χ0v) is 9.37. The highest BCUT2D eigenvalue weighted by Crippen LogP contribution is 2.24. The predicted molar refractivity (Wildman–Crippen MR) is 60.8 cm³/mol. The molecule has 2 amide bonds. The number of aromatic nitrogens is 1. The fourth-order valence-corrected chi connectivity index (χ4v) is 2.26. The highest BCUT2D eigenvalue weighted by molar-refractivity contribution is 5.85. The summed E-state index contributed by atoms with van der Waals surface area (Å²) in [4.78, 5) is 23.5. The van der Waals surface area contributed by atoms with Crippen molar-refractivity contribution < 1.29 is 14.7 Å². The van der Waals surface area contributed by atoms with Gasteiger partial charge in [0.1, 0.15) is 5.69 Å². The lowest BCUT2D eigenvalue weighted by Crippen LogP contribution is -2.42. The number of hydrogen-bond acceptors (Lipinski definition) is 2. The first-order valence-electron chi connectivity index (χ1n) is 5.54. The van der Waals surface area contributed by atoms with E-state index in [4.69, 9.17) is 10.8 Å². The minimum atomic E-state index is -0.924. The number of nitrogens with zero attached hydrogens (tertiary/aromatic N) is 2. The standard InChI is InChI=1S/C11H15N3O3/c12-11(17)13-6-3-8(4-7-13)14-5-1-2-9(14)10(15)16/h1-2,5,8H,3-4,6-7H2,(H2,12,17)(H,15,16). The molecule has 17 heavy (non-hydrogen) atoms. The third kappa shape index (κ3) is 2.25. The molecule has 2 heterocycles. The molecule has 2 rings (SSSR count). The van der Waals surface area contributed by atoms with Crippen molar-refractivity contribution >= 4 is 12.0 Å². The Labute approximate surface area is 98.6 Å². The number of carbonyl (C=O) groups is 2. The van der Waals surface area contributed by atoms with Crippen LogP contribution in [0.15, 0.2) is 18.3 Å². The van der Waals surface area contributed by atoms with Crippen LogP contribution in [0.2, 0.25) is 0 Å². The maximum Gasteiger partial charge on any atom is 0.352 e. The van der Waals surface area contributed by atoms with Crippen LogP contribution in [0.1, 0.15) is 29.4 Å². The van der Waals surface area contributed by atoms with Crippen LogP contribution in [-0.2, 0) is 0 Å². The molecule has 0 aliphatic carbocycles. The second kappa shape index (κ2) is 4.48. The topological polar surface area (TPSA) is 88.6 Å². The number of primary amides is 1. The number of rotatable bonds is 2. The van der Waals surface area contributed by atoms with Crippen LogP contribution in [0.4, 0.5) is 4.79 Å². The highest BCUT2D eigenvalue weighted by atomic mass is 16.4. The van der Waals surface area contributed by atoms with Gasteiger partial charge in [-0.15, -0.1) is 0 Å². The molecule has 1 aliphatic heterocycles. The number of amides is 2. The first-order chi connectivity index (χ1) is 8.09. The Morgan fingerprint density at radius 3 is 2.53 bits per heavy atom. The van der Waals surface area contributed by atoms with E-state index in [1.54, 1.807) is 27.8 Å². The van der Waals surface area contributed by atoms with Crippen molar-refractivity contribution in [3.8, 4) is 0 Å². The van der Waals surface area contributed by atoms with Crippen LogP contribution >= 0.6 is 0 Å². The fourth-order valence-electron chi connectivity index (χ4n) is 2.26. The molecule has 1 fully saturated rings. The Kier molecular flexibility index (Phi) is 3.03. The average Bonchev–Trinajstić information content (AvgIpc) is 2.78. The van der Waals surface area contributed by atoms with Gasteiger partial charge in [-0.3, -0.25) is 0 Å². The summed E-state index contributed by atoms with van der Waals surface area (Å²) in [6, 6.07) is 3.04. The number of nitrogens with two attached hydrogens (primary N) is 1. The predicted octanol–water partition coefficient (Wildman–Crippen LogP) is 0.902. The number of aromatic carboxylic acids is 1. The zero-order chi connectivity index (χ0) is 12.4. The Balaban J connectivity index is 2.08. The molecule has 92 valence electrons. The Morgan fingerprint density at radius 1 is 1.35 bits per heavy atom. The minimum Gasteiger partial charge on any atom is -0.477 e. The Morgan fingerprint density at radius 2 is 2.00 bits per heavy atom. The van der Waals surface area contributed by atoms with E-state index in [1.807, 2.05) is 0 Å². The van der Waals surface area contributed by atoms with Gasteiger partial charge in [0, 0.05) is 25.3 Å². The molecule has 0 spiro atoms. The van der Waals surface area contributed by atoms with Gasteiger partial charge in [0.2, 0.25) is 0 Å². The summed E-state index contributed by atoms with van der Waals surface area (Å²) in [6.45, 7) is 1.16. The number of urea groups is 1. The van der Waals surface area contributed by atoms with Crippen molar-refractivity contribution in [1.29, 1.82) is 0 Å². The molecule has 1 aliphatic rings. The first kappa shape index (κ1) is 11.5. The summed E-state index contributed by atoms with van der Waals surface area (Å²) in [5, 5.41) is 9.02. The molecular weight excluding hydrogens is 222 g/mol. The number of carboxylic acid groups (broad SMARTS) is 1. The van der Waals surface area contributed by atoms with Gasteiger partial charge in [0.15, 0.2) is 0 Å². The third-order valence-electron chi connectivity index (χ3n) is 3.17. The molecule has 0 unspecified atom stereocenters. The minimum absolute atomic E-state index is 0.131. The Hall–Kier alpha value is -1.98. The number of carboxylic acids is 1. The van der Waals surface area contributed by atoms with Crippen molar-refractivity contribution in [2.45, 2.75) is 18.9 Å². The van der Waals surface area contributed by atoms with Gasteiger partial charge in [0.25, 0.3) is 0 Å². The van der Waals surface area contributed by atoms with Crippen molar-refractivity contribution in [3.05, 3.63) is 24.0 Å². The van der Waals surface area contributed by atoms with E-state index in [-0.39, 0.29) is 6.04 Å². The SMILES string of the molecule is NC(=O)N1CCC(n2cccc2C(=O)O)CC1. The monoisotopic (exact) mass is 237 g/mol. The van der Waals surface area contributed by atoms with Gasteiger partial charge in [-0.05, 0) is 25.0 Å². The average molecular weight is 237 g/mol. The van der Waals surface area contributed by atoms with Gasteiger partial charge in [-0.25, -0.2) is 9.59 Å². The summed E-state index contributed by atoms with van der Waals surface area (Å²) in [7, 11) is 0. The molecule has 3 N–H and O–H groups in total. The second-order valence-corrected chi connectivity index (χ2v) is 4.16. The molecule has 1 saturated heterocycles. The van der Waals surface area contributed by atoms with E-state index in [0.717, 1.165) is 12.8 Å². The maximum atomic E-state index is 11.0. The molecule has 0 aromatic carbocycles. The summed E-state index contributed by atoms with van der Waals surface area (Å²) in [5.74, 6) is -0.924. The lowest BCUT2D eigenvalue weighted by molar-refractivity contribution is 0.0679. The normalized spacial score (nSPS) is 17.1. The molecule has 0 saturated carbocycles. The van der Waals surface area contributed by atoms with Crippen molar-refractivity contribution in [2.24, 2.45) is 5.73 Å². The van der Waals surface area contributed by atoms with E-state index in [1.165, 1.54) is 0 Å². The zero-order valence-electron chi connectivity index (χ0n) is 9.37. The van der Waals surface area contributed by atoms with Gasteiger partial charge in [-0.2, -0.15) is 0 Å². The molecule has 1 aromatic rings. The third-order valence-corrected chi connectivity index (χ3v) is 3.17. The molecule has 1 aromatic heterocycles. The lowest BCUT2D eigenvalue weighted by Gasteiger charge is -2.32. The van der Waals surface area contributed by atoms with Crippen LogP contribution < -0.4 is 5.73 Å². The van der Waals surface area contributed by atoms with E-state index < -0.39 is 12.0 Å². The number of likely N-dealkylation sites (tertiary alicyclic amines) is 1. The highest BCUT2D eigenvalue weighted by Gasteiger charge is 2.24. The summed E-state index contributed by atoms with van der Waals surface area (Å²) < 4.78 is 1.76. The van der Waals surface area contributed by atoms with Crippen molar-refractivity contribution in [1.82, 2.24) is 9.47 Å². The number of piperidine rings is 1. The molecular formula is C11H15N3O3. The van der Waals surface area contributed by atoms with E-state index >= 15 is 0 Å². The quantitative estimate of drug-likeness (QED) is 0.801. The van der Waals surface area contributed by atoms with E-state index in [0.29, 0.717) is 18.8 Å². The summed E-state index contributed by atoms with van der Waals surface area (Å²) in [6.07, 6.45) is 3.24. The van der Waals surface area contributed by atoms with Crippen LogP contribution in [0.5, 0.6) is 0 Å². The van der Waals surface area contributed by atoms with Crippen LogP contribution in [0.3, 0.4) is 0 Å². The summed E-state index contributed by atoms with van der Waals surface area (Å²) in [5.41, 5.74) is 5.49. The number of carbonyl (C=O) groups excluding carboxylic acids is 1. The molecule has 0 atom stereocenters. The summed E-state index contributed by atoms with van der Waals surface area (Å²) >= 11 is 0. The first-order valence-corrected chi connectivity index (χ1v) is 5.54. The molecule has 6 nitrogen and oxygen atoms in total. The Bertz CT molecular complexity index is 433. The molecule has 0 radical (unpaired) electrons. The van der Waals surface area contributed by atoms with Crippen molar-refractivity contribution in [3.63, 3.8) is 0 Å². The van der Waals surface area contributed by atoms with Gasteiger partial charge < -0.3 is 20.3 Å².